The molecule has 1 N–H and O–H groups in total. The van der Waals surface area contributed by atoms with Crippen LogP contribution in [-0.4, -0.2) is 23.3 Å². The molecule has 21 heavy (non-hydrogen) atoms. The first-order valence-corrected chi connectivity index (χ1v) is 8.19. The molecule has 4 unspecified atom stereocenters. The monoisotopic (exact) mass is 293 g/mol. The molecule has 1 saturated carbocycles. The van der Waals surface area contributed by atoms with Crippen molar-refractivity contribution < 1.29 is 9.26 Å². The fourth-order valence-corrected chi connectivity index (χ4v) is 3.82. The van der Waals surface area contributed by atoms with E-state index < -0.39 is 0 Å². The summed E-state index contributed by atoms with van der Waals surface area (Å²) in [6.45, 7) is 10.2. The summed E-state index contributed by atoms with van der Waals surface area (Å²) in [7, 11) is 0. The highest BCUT2D eigenvalue weighted by atomic mass is 16.5. The van der Waals surface area contributed by atoms with Gasteiger partial charge in [0.05, 0.1) is 6.04 Å². The van der Waals surface area contributed by atoms with Crippen molar-refractivity contribution in [3.05, 3.63) is 11.7 Å². The van der Waals surface area contributed by atoms with E-state index in [1.54, 1.807) is 0 Å². The molecule has 0 bridgehead atoms. The Morgan fingerprint density at radius 3 is 2.90 bits per heavy atom. The highest BCUT2D eigenvalue weighted by Crippen LogP contribution is 2.44. The van der Waals surface area contributed by atoms with Gasteiger partial charge in [-0.15, -0.1) is 0 Å². The summed E-state index contributed by atoms with van der Waals surface area (Å²) < 4.78 is 11.4. The molecular formula is C16H27N3O2. The summed E-state index contributed by atoms with van der Waals surface area (Å²) >= 11 is 0. The number of ether oxygens (including phenoxy) is 1. The third kappa shape index (κ3) is 2.86. The molecule has 0 spiro atoms. The van der Waals surface area contributed by atoms with Crippen molar-refractivity contribution in [3.8, 4) is 0 Å². The van der Waals surface area contributed by atoms with E-state index in [0.717, 1.165) is 18.4 Å². The molecule has 0 radical (unpaired) electrons. The normalized spacial score (nSPS) is 30.6. The third-order valence-corrected chi connectivity index (χ3v) is 4.82. The lowest BCUT2D eigenvalue weighted by Crippen LogP contribution is -2.23. The molecular weight excluding hydrogens is 266 g/mol. The van der Waals surface area contributed by atoms with E-state index in [0.29, 0.717) is 18.3 Å². The summed E-state index contributed by atoms with van der Waals surface area (Å²) in [5, 5.41) is 7.77. The van der Waals surface area contributed by atoms with Crippen LogP contribution < -0.4 is 5.32 Å². The highest BCUT2D eigenvalue weighted by molar-refractivity contribution is 5.05. The van der Waals surface area contributed by atoms with Crippen molar-refractivity contribution in [1.82, 2.24) is 15.5 Å². The van der Waals surface area contributed by atoms with Gasteiger partial charge in [-0.3, -0.25) is 0 Å². The molecule has 1 aliphatic carbocycles. The Balaban J connectivity index is 1.79. The quantitative estimate of drug-likeness (QED) is 0.923. The Morgan fingerprint density at radius 1 is 1.38 bits per heavy atom. The number of nitrogens with zero attached hydrogens (tertiary/aromatic N) is 2. The maximum absolute atomic E-state index is 5.85. The average molecular weight is 293 g/mol. The Hall–Kier alpha value is -0.940. The van der Waals surface area contributed by atoms with Crippen LogP contribution >= 0.6 is 0 Å². The molecule has 1 aliphatic heterocycles. The molecule has 1 aromatic rings. The van der Waals surface area contributed by atoms with Crippen molar-refractivity contribution in [2.75, 3.05) is 13.2 Å². The molecule has 0 amide bonds. The van der Waals surface area contributed by atoms with E-state index in [-0.39, 0.29) is 17.6 Å². The maximum atomic E-state index is 5.85. The zero-order valence-corrected chi connectivity index (χ0v) is 13.6. The Labute approximate surface area is 126 Å². The molecule has 3 rings (SSSR count). The number of nitrogens with one attached hydrogen (secondary N) is 1. The van der Waals surface area contributed by atoms with Crippen molar-refractivity contribution in [2.45, 2.75) is 59.1 Å². The van der Waals surface area contributed by atoms with Gasteiger partial charge in [-0.2, -0.15) is 4.98 Å². The van der Waals surface area contributed by atoms with Gasteiger partial charge in [0, 0.05) is 6.61 Å². The highest BCUT2D eigenvalue weighted by Gasteiger charge is 2.43. The Bertz CT molecular complexity index is 480. The second-order valence-corrected chi connectivity index (χ2v) is 7.43. The number of fused-ring (bicyclic) bond motifs is 1. The molecule has 2 aliphatic rings. The minimum absolute atomic E-state index is 0.0455. The van der Waals surface area contributed by atoms with Crippen LogP contribution in [0.3, 0.4) is 0 Å². The third-order valence-electron chi connectivity index (χ3n) is 4.82. The van der Waals surface area contributed by atoms with Gasteiger partial charge in [0.2, 0.25) is 11.7 Å². The Kier molecular flexibility index (Phi) is 4.06. The van der Waals surface area contributed by atoms with E-state index in [1.165, 1.54) is 19.3 Å². The van der Waals surface area contributed by atoms with Crippen LogP contribution in [0.25, 0.3) is 0 Å². The first-order chi connectivity index (χ1) is 10.0. The van der Waals surface area contributed by atoms with Gasteiger partial charge in [0.1, 0.15) is 6.10 Å². The Morgan fingerprint density at radius 2 is 2.19 bits per heavy atom. The second kappa shape index (κ2) is 5.69. The topological polar surface area (TPSA) is 60.2 Å². The zero-order chi connectivity index (χ0) is 15.0. The molecule has 5 nitrogen and oxygen atoms in total. The number of hydrogen-bond donors (Lipinski definition) is 1. The lowest BCUT2D eigenvalue weighted by molar-refractivity contribution is -0.0203. The van der Waals surface area contributed by atoms with Crippen molar-refractivity contribution in [3.63, 3.8) is 0 Å². The SMILES string of the molecule is CCOC(c1noc(C2NCC3CCCC32)n1)C(C)(C)C. The lowest BCUT2D eigenvalue weighted by atomic mass is 9.88. The van der Waals surface area contributed by atoms with Gasteiger partial charge in [0.15, 0.2) is 0 Å². The molecule has 4 atom stereocenters. The summed E-state index contributed by atoms with van der Waals surface area (Å²) in [4.78, 5) is 4.67. The molecule has 1 saturated heterocycles. The van der Waals surface area contributed by atoms with Gasteiger partial charge in [-0.05, 0) is 43.6 Å². The number of rotatable bonds is 4. The second-order valence-electron chi connectivity index (χ2n) is 7.43. The lowest BCUT2D eigenvalue weighted by Gasteiger charge is -2.27. The van der Waals surface area contributed by atoms with Crippen LogP contribution in [0.4, 0.5) is 0 Å². The van der Waals surface area contributed by atoms with E-state index in [2.05, 4.69) is 36.2 Å². The zero-order valence-electron chi connectivity index (χ0n) is 13.6. The fraction of sp³-hybridized carbons (Fsp3) is 0.875. The predicted octanol–water partition coefficient (Wildman–Crippen LogP) is 3.25. The molecule has 118 valence electrons. The van der Waals surface area contributed by atoms with Crippen LogP contribution in [0.1, 0.15) is 70.8 Å². The van der Waals surface area contributed by atoms with E-state index in [1.807, 2.05) is 6.92 Å². The minimum atomic E-state index is -0.124. The fourth-order valence-electron chi connectivity index (χ4n) is 3.82. The number of hydrogen-bond acceptors (Lipinski definition) is 5. The van der Waals surface area contributed by atoms with Crippen LogP contribution in [0, 0.1) is 17.3 Å². The van der Waals surface area contributed by atoms with Gasteiger partial charge < -0.3 is 14.6 Å². The van der Waals surface area contributed by atoms with E-state index in [4.69, 9.17) is 9.26 Å². The summed E-state index contributed by atoms with van der Waals surface area (Å²) in [5.41, 5.74) is -0.0455. The first kappa shape index (κ1) is 15.0. The minimum Gasteiger partial charge on any atom is -0.370 e. The molecule has 2 heterocycles. The van der Waals surface area contributed by atoms with E-state index in [9.17, 15) is 0 Å². The smallest absolute Gasteiger partial charge is 0.244 e. The summed E-state index contributed by atoms with van der Waals surface area (Å²) in [6, 6.07) is 0.237. The van der Waals surface area contributed by atoms with E-state index >= 15 is 0 Å². The molecule has 0 aromatic carbocycles. The van der Waals surface area contributed by atoms with Crippen molar-refractivity contribution in [2.24, 2.45) is 17.3 Å². The van der Waals surface area contributed by atoms with Gasteiger partial charge in [-0.25, -0.2) is 0 Å². The average Bonchev–Trinajstić information content (AvgIpc) is 3.09. The molecule has 2 fully saturated rings. The van der Waals surface area contributed by atoms with Crippen molar-refractivity contribution >= 4 is 0 Å². The standard InChI is InChI=1S/C16H27N3O2/c1-5-20-13(16(2,3)4)14-18-15(21-19-14)12-11-8-6-7-10(11)9-17-12/h10-13,17H,5-9H2,1-4H3. The maximum Gasteiger partial charge on any atom is 0.244 e. The van der Waals surface area contributed by atoms with Crippen LogP contribution in [0.15, 0.2) is 4.52 Å². The largest absolute Gasteiger partial charge is 0.370 e. The molecule has 5 heteroatoms. The van der Waals surface area contributed by atoms with Gasteiger partial charge >= 0.3 is 0 Å². The number of aromatic nitrogens is 2. The summed E-state index contributed by atoms with van der Waals surface area (Å²) in [6.07, 6.45) is 3.81. The summed E-state index contributed by atoms with van der Waals surface area (Å²) in [5.74, 6) is 2.88. The predicted molar refractivity (Wildman–Crippen MR) is 79.7 cm³/mol. The van der Waals surface area contributed by atoms with Gasteiger partial charge in [-0.1, -0.05) is 32.3 Å². The van der Waals surface area contributed by atoms with Crippen LogP contribution in [0.5, 0.6) is 0 Å². The molecule has 1 aromatic heterocycles. The van der Waals surface area contributed by atoms with Crippen LogP contribution in [0.2, 0.25) is 0 Å². The van der Waals surface area contributed by atoms with Crippen molar-refractivity contribution in [1.29, 1.82) is 0 Å². The van der Waals surface area contributed by atoms with Crippen LogP contribution in [-0.2, 0) is 4.74 Å². The first-order valence-electron chi connectivity index (χ1n) is 8.19. The van der Waals surface area contributed by atoms with Gasteiger partial charge in [0.25, 0.3) is 0 Å².